The molecular weight excluding hydrogens is 312 g/mol. The molecule has 0 radical (unpaired) electrons. The number of carbonyl (C=O) groups excluding carboxylic acids is 2. The van der Waals surface area contributed by atoms with E-state index in [1.54, 1.807) is 0 Å². The predicted molar refractivity (Wildman–Crippen MR) is 66.2 cm³/mol. The second-order valence-electron chi connectivity index (χ2n) is 3.50. The van der Waals surface area contributed by atoms with Crippen molar-refractivity contribution in [2.45, 2.75) is 4.21 Å². The third-order valence-corrected chi connectivity index (χ3v) is 5.11. The minimum Gasteiger partial charge on any atom is -0.476 e. The molecule has 0 spiro atoms. The van der Waals surface area contributed by atoms with Crippen LogP contribution in [0.4, 0.5) is 0 Å². The van der Waals surface area contributed by atoms with Crippen molar-refractivity contribution in [2.24, 2.45) is 11.5 Å². The highest BCUT2D eigenvalue weighted by Gasteiger charge is 2.33. The molecule has 0 saturated heterocycles. The van der Waals surface area contributed by atoms with Gasteiger partial charge in [-0.1, -0.05) is 0 Å². The van der Waals surface area contributed by atoms with Crippen LogP contribution in [0.5, 0.6) is 0 Å². The number of thiazole rings is 1. The Kier molecular flexibility index (Phi) is 4.75. The standard InChI is InChI=1S/C8H10N4O6S2/c9-4(13)1-12(2-5(10)14)20(17,18)8-6(7(15)16)11-3-19-8/h3H,1-2H2,(H2,9,13)(H2,10,14)(H,15,16). The molecule has 110 valence electrons. The lowest BCUT2D eigenvalue weighted by Crippen LogP contribution is -2.43. The molecule has 0 unspecified atom stereocenters. The Balaban J connectivity index is 3.28. The number of aromatic carboxylic acids is 1. The van der Waals surface area contributed by atoms with Crippen molar-refractivity contribution in [1.82, 2.24) is 9.29 Å². The molecule has 2 amide bonds. The Morgan fingerprint density at radius 2 is 1.75 bits per heavy atom. The highest BCUT2D eigenvalue weighted by atomic mass is 32.2. The van der Waals surface area contributed by atoms with Gasteiger partial charge in [-0.15, -0.1) is 11.3 Å². The number of hydrogen-bond donors (Lipinski definition) is 3. The maximum Gasteiger partial charge on any atom is 0.356 e. The van der Waals surface area contributed by atoms with Crippen molar-refractivity contribution < 1.29 is 27.9 Å². The topological polar surface area (TPSA) is 174 Å². The first kappa shape index (κ1) is 16.0. The third-order valence-electron chi connectivity index (χ3n) is 1.98. The fourth-order valence-corrected chi connectivity index (χ4v) is 3.90. The number of hydrogen-bond acceptors (Lipinski definition) is 7. The molecule has 1 aromatic heterocycles. The van der Waals surface area contributed by atoms with Gasteiger partial charge in [0.2, 0.25) is 11.8 Å². The molecule has 0 aliphatic carbocycles. The third kappa shape index (κ3) is 3.49. The van der Waals surface area contributed by atoms with Gasteiger partial charge < -0.3 is 16.6 Å². The first-order chi connectivity index (χ1) is 9.16. The van der Waals surface area contributed by atoms with Crippen molar-refractivity contribution in [3.63, 3.8) is 0 Å². The highest BCUT2D eigenvalue weighted by Crippen LogP contribution is 2.23. The summed E-state index contributed by atoms with van der Waals surface area (Å²) in [5, 5.41) is 8.84. The lowest BCUT2D eigenvalue weighted by Gasteiger charge is -2.18. The van der Waals surface area contributed by atoms with Crippen LogP contribution in [0.25, 0.3) is 0 Å². The first-order valence-corrected chi connectivity index (χ1v) is 7.21. The molecule has 0 saturated carbocycles. The number of rotatable bonds is 7. The van der Waals surface area contributed by atoms with E-state index in [0.717, 1.165) is 5.51 Å². The van der Waals surface area contributed by atoms with Gasteiger partial charge in [0.1, 0.15) is 0 Å². The summed E-state index contributed by atoms with van der Waals surface area (Å²) in [6.45, 7) is -1.61. The number of carboxylic acid groups (broad SMARTS) is 1. The van der Waals surface area contributed by atoms with Crippen LogP contribution in [0.1, 0.15) is 10.5 Å². The van der Waals surface area contributed by atoms with E-state index in [-0.39, 0.29) is 0 Å². The maximum atomic E-state index is 12.2. The summed E-state index contributed by atoms with van der Waals surface area (Å²) in [6.07, 6.45) is 0. The van der Waals surface area contributed by atoms with E-state index in [1.165, 1.54) is 0 Å². The lowest BCUT2D eigenvalue weighted by molar-refractivity contribution is -0.120. The fourth-order valence-electron chi connectivity index (χ4n) is 1.25. The maximum absolute atomic E-state index is 12.2. The van der Waals surface area contributed by atoms with E-state index in [0.29, 0.717) is 15.6 Å². The average molecular weight is 322 g/mol. The Bertz CT molecular complexity index is 636. The number of aromatic nitrogens is 1. The van der Waals surface area contributed by atoms with Gasteiger partial charge in [0.25, 0.3) is 10.0 Å². The van der Waals surface area contributed by atoms with Crippen LogP contribution in [0.3, 0.4) is 0 Å². The van der Waals surface area contributed by atoms with Crippen LogP contribution in [-0.4, -0.2) is 53.7 Å². The molecular formula is C8H10N4O6S2. The number of sulfonamides is 1. The molecule has 0 atom stereocenters. The predicted octanol–water partition coefficient (Wildman–Crippen LogP) is -2.20. The molecule has 0 fully saturated rings. The van der Waals surface area contributed by atoms with E-state index < -0.39 is 50.8 Å². The SMILES string of the molecule is NC(=O)CN(CC(N)=O)S(=O)(=O)c1scnc1C(=O)O. The minimum absolute atomic E-state index is 0.400. The summed E-state index contributed by atoms with van der Waals surface area (Å²) in [5.74, 6) is -3.59. The van der Waals surface area contributed by atoms with Gasteiger partial charge in [0, 0.05) is 0 Å². The van der Waals surface area contributed by atoms with Crippen molar-refractivity contribution in [3.8, 4) is 0 Å². The number of carbonyl (C=O) groups is 3. The molecule has 0 aliphatic heterocycles. The molecule has 5 N–H and O–H groups in total. The monoisotopic (exact) mass is 322 g/mol. The van der Waals surface area contributed by atoms with Crippen LogP contribution in [0.15, 0.2) is 9.72 Å². The number of carboxylic acids is 1. The fraction of sp³-hybridized carbons (Fsp3) is 0.250. The second kappa shape index (κ2) is 5.94. The van der Waals surface area contributed by atoms with E-state index in [1.807, 2.05) is 0 Å². The number of primary amides is 2. The summed E-state index contributed by atoms with van der Waals surface area (Å²) in [6, 6.07) is 0. The number of amides is 2. The van der Waals surface area contributed by atoms with E-state index in [2.05, 4.69) is 4.98 Å². The largest absolute Gasteiger partial charge is 0.476 e. The van der Waals surface area contributed by atoms with Crippen molar-refractivity contribution in [2.75, 3.05) is 13.1 Å². The van der Waals surface area contributed by atoms with Crippen LogP contribution in [0, 0.1) is 0 Å². The molecule has 1 rings (SSSR count). The zero-order valence-corrected chi connectivity index (χ0v) is 11.5. The van der Waals surface area contributed by atoms with Crippen molar-refractivity contribution in [1.29, 1.82) is 0 Å². The Labute approximate surface area is 117 Å². The Hall–Kier alpha value is -2.05. The normalized spacial score (nSPS) is 11.4. The smallest absolute Gasteiger partial charge is 0.356 e. The molecule has 0 aliphatic rings. The van der Waals surface area contributed by atoms with Gasteiger partial charge in [0.15, 0.2) is 9.90 Å². The lowest BCUT2D eigenvalue weighted by atomic mass is 10.5. The zero-order chi connectivity index (χ0) is 15.5. The summed E-state index contributed by atoms with van der Waals surface area (Å²) in [4.78, 5) is 36.0. The molecule has 10 nitrogen and oxygen atoms in total. The Morgan fingerprint density at radius 1 is 1.25 bits per heavy atom. The van der Waals surface area contributed by atoms with Gasteiger partial charge in [-0.3, -0.25) is 9.59 Å². The van der Waals surface area contributed by atoms with E-state index >= 15 is 0 Å². The first-order valence-electron chi connectivity index (χ1n) is 4.89. The van der Waals surface area contributed by atoms with Crippen LogP contribution in [0.2, 0.25) is 0 Å². The van der Waals surface area contributed by atoms with Crippen LogP contribution >= 0.6 is 11.3 Å². The summed E-state index contributed by atoms with van der Waals surface area (Å²) in [7, 11) is -4.42. The average Bonchev–Trinajstić information content (AvgIpc) is 2.76. The summed E-state index contributed by atoms with van der Waals surface area (Å²) >= 11 is 0.542. The molecule has 0 aromatic carbocycles. The number of nitrogens with zero attached hydrogens (tertiary/aromatic N) is 2. The van der Waals surface area contributed by atoms with Crippen molar-refractivity contribution >= 4 is 39.1 Å². The van der Waals surface area contributed by atoms with E-state index in [4.69, 9.17) is 16.6 Å². The van der Waals surface area contributed by atoms with Gasteiger partial charge >= 0.3 is 5.97 Å². The molecule has 12 heteroatoms. The zero-order valence-electron chi connectivity index (χ0n) is 9.85. The second-order valence-corrected chi connectivity index (χ2v) is 6.49. The molecule has 1 heterocycles. The van der Waals surface area contributed by atoms with Crippen LogP contribution in [-0.2, 0) is 19.6 Å². The molecule has 20 heavy (non-hydrogen) atoms. The van der Waals surface area contributed by atoms with Gasteiger partial charge in [0.05, 0.1) is 18.6 Å². The van der Waals surface area contributed by atoms with Gasteiger partial charge in [-0.25, -0.2) is 18.2 Å². The molecule has 0 bridgehead atoms. The van der Waals surface area contributed by atoms with Gasteiger partial charge in [-0.05, 0) is 0 Å². The van der Waals surface area contributed by atoms with E-state index in [9.17, 15) is 22.8 Å². The van der Waals surface area contributed by atoms with Gasteiger partial charge in [-0.2, -0.15) is 4.31 Å². The summed E-state index contributed by atoms with van der Waals surface area (Å²) in [5.41, 5.74) is 10.1. The Morgan fingerprint density at radius 3 is 2.15 bits per heavy atom. The van der Waals surface area contributed by atoms with Crippen molar-refractivity contribution in [3.05, 3.63) is 11.2 Å². The molecule has 1 aromatic rings. The van der Waals surface area contributed by atoms with Crippen LogP contribution < -0.4 is 11.5 Å². The quantitative estimate of drug-likeness (QED) is 0.510. The summed E-state index contributed by atoms with van der Waals surface area (Å²) < 4.78 is 24.2. The number of nitrogens with two attached hydrogens (primary N) is 2. The minimum atomic E-state index is -4.42. The highest BCUT2D eigenvalue weighted by molar-refractivity contribution is 7.91.